The first-order valence-corrected chi connectivity index (χ1v) is 11.3. The number of hydrogen-bond acceptors (Lipinski definition) is 7. The molecule has 4 rings (SSSR count). The van der Waals surface area contributed by atoms with Crippen molar-refractivity contribution in [3.05, 3.63) is 68.8 Å². The fraction of sp³-hybridized carbons (Fsp3) is 0.391. The minimum Gasteiger partial charge on any atom is -0.392 e. The Kier molecular flexibility index (Phi) is 6.94. The molecule has 1 unspecified atom stereocenters. The van der Waals surface area contributed by atoms with Gasteiger partial charge in [-0.3, -0.25) is 24.2 Å². The third-order valence-corrected chi connectivity index (χ3v) is 6.15. The van der Waals surface area contributed by atoms with E-state index < -0.39 is 17.2 Å². The molecule has 34 heavy (non-hydrogen) atoms. The monoisotopic (exact) mass is 466 g/mol. The van der Waals surface area contributed by atoms with Gasteiger partial charge in [-0.25, -0.2) is 4.79 Å². The Balaban J connectivity index is 1.41. The number of carbonyl (C=O) groups excluding carboxylic acids is 1. The molecule has 1 aliphatic heterocycles. The maximum Gasteiger partial charge on any atom is 0.326 e. The molecule has 0 radical (unpaired) electrons. The maximum absolute atomic E-state index is 12.6. The van der Waals surface area contributed by atoms with Gasteiger partial charge in [0.1, 0.15) is 11.4 Å². The number of nitrogens with two attached hydrogens (primary N) is 1. The molecule has 1 aromatic carbocycles. The second-order valence-corrected chi connectivity index (χ2v) is 8.65. The fourth-order valence-electron chi connectivity index (χ4n) is 3.97. The average Bonchev–Trinajstić information content (AvgIpc) is 3.30. The van der Waals surface area contributed by atoms with Gasteiger partial charge in [0.2, 0.25) is 0 Å². The number of anilines is 1. The number of nitrogen functional groups attached to an aromatic ring is 1. The third-order valence-electron chi connectivity index (χ3n) is 6.15. The Labute approximate surface area is 196 Å². The lowest BCUT2D eigenvalue weighted by Gasteiger charge is -2.32. The topological polar surface area (TPSA) is 145 Å². The smallest absolute Gasteiger partial charge is 0.326 e. The summed E-state index contributed by atoms with van der Waals surface area (Å²) in [6, 6.07) is 7.40. The summed E-state index contributed by atoms with van der Waals surface area (Å²) in [7, 11) is 2.15. The van der Waals surface area contributed by atoms with Gasteiger partial charge >= 0.3 is 5.69 Å². The van der Waals surface area contributed by atoms with E-state index in [9.17, 15) is 14.4 Å². The summed E-state index contributed by atoms with van der Waals surface area (Å²) < 4.78 is 1.96. The number of carbonyl (C=O) groups is 1. The molecule has 3 heterocycles. The van der Waals surface area contributed by atoms with Crippen molar-refractivity contribution in [2.75, 3.05) is 45.5 Å². The second-order valence-electron chi connectivity index (χ2n) is 8.65. The van der Waals surface area contributed by atoms with Crippen LogP contribution in [0.1, 0.15) is 29.0 Å². The van der Waals surface area contributed by atoms with Crippen molar-refractivity contribution in [2.45, 2.75) is 19.5 Å². The second kappa shape index (κ2) is 10.1. The number of nitrogens with zero attached hydrogens (tertiary/aromatic N) is 4. The molecule has 11 heteroatoms. The van der Waals surface area contributed by atoms with Crippen LogP contribution in [0.4, 0.5) is 5.69 Å². The molecular weight excluding hydrogens is 436 g/mol. The number of hydrogen-bond donors (Lipinski definition) is 4. The van der Waals surface area contributed by atoms with Crippen molar-refractivity contribution in [2.24, 2.45) is 0 Å². The number of likely N-dealkylation sites (N-methyl/N-ethyl adjacent to an activating group) is 1. The van der Waals surface area contributed by atoms with Crippen LogP contribution < -0.4 is 22.3 Å². The summed E-state index contributed by atoms with van der Waals surface area (Å²) in [4.78, 5) is 44.9. The van der Waals surface area contributed by atoms with E-state index >= 15 is 0 Å². The van der Waals surface area contributed by atoms with E-state index in [1.165, 1.54) is 0 Å². The highest BCUT2D eigenvalue weighted by Gasteiger charge is 2.18. The quantitative estimate of drug-likeness (QED) is 0.390. The first-order valence-electron chi connectivity index (χ1n) is 11.3. The summed E-state index contributed by atoms with van der Waals surface area (Å²) in [6.45, 7) is 7.94. The molecule has 1 amide bonds. The van der Waals surface area contributed by atoms with Crippen molar-refractivity contribution in [1.82, 2.24) is 34.9 Å². The zero-order chi connectivity index (χ0) is 24.2. The number of aromatic amines is 2. The molecule has 3 aromatic rings. The number of aromatic nitrogens is 4. The van der Waals surface area contributed by atoms with Crippen LogP contribution in [0, 0.1) is 0 Å². The van der Waals surface area contributed by atoms with E-state index in [0.29, 0.717) is 0 Å². The lowest BCUT2D eigenvalue weighted by molar-refractivity contribution is 0.0935. The molecular formula is C23H30N8O3. The number of piperazine rings is 1. The van der Waals surface area contributed by atoms with E-state index in [-0.39, 0.29) is 17.4 Å². The molecule has 1 fully saturated rings. The minimum atomic E-state index is -0.798. The van der Waals surface area contributed by atoms with Crippen LogP contribution in [0.2, 0.25) is 0 Å². The average molecular weight is 467 g/mol. The Morgan fingerprint density at radius 1 is 1.15 bits per heavy atom. The van der Waals surface area contributed by atoms with Gasteiger partial charge < -0.3 is 20.9 Å². The lowest BCUT2D eigenvalue weighted by atomic mass is 10.0. The van der Waals surface area contributed by atoms with E-state index in [0.717, 1.165) is 56.0 Å². The standard InChI is InChI=1S/C23H30N8O3/c1-15(26-22(33)20-19(24)21(32)28-23(34)27-20)16-4-3-5-17(12-16)18-13-25-31(14-18)11-10-30-8-6-29(2)7-9-30/h3-5,12-15H,6-11,24H2,1-2H3,(H,26,33)(H2,27,28,32,34). The maximum atomic E-state index is 12.6. The third kappa shape index (κ3) is 5.43. The Bertz CT molecular complexity index is 1270. The van der Waals surface area contributed by atoms with Crippen LogP contribution >= 0.6 is 0 Å². The number of H-pyrrole nitrogens is 2. The summed E-state index contributed by atoms with van der Waals surface area (Å²) in [5.41, 5.74) is 6.32. The molecule has 2 aromatic heterocycles. The van der Waals surface area contributed by atoms with Crippen molar-refractivity contribution in [3.8, 4) is 11.1 Å². The zero-order valence-corrected chi connectivity index (χ0v) is 19.4. The van der Waals surface area contributed by atoms with Gasteiger partial charge in [0.15, 0.2) is 0 Å². The number of benzene rings is 1. The number of amides is 1. The normalized spacial score (nSPS) is 15.8. The van der Waals surface area contributed by atoms with Gasteiger partial charge in [0.25, 0.3) is 11.5 Å². The van der Waals surface area contributed by atoms with Crippen molar-refractivity contribution < 1.29 is 4.79 Å². The van der Waals surface area contributed by atoms with Gasteiger partial charge in [-0.1, -0.05) is 18.2 Å². The molecule has 11 nitrogen and oxygen atoms in total. The number of nitrogens with one attached hydrogen (secondary N) is 3. The molecule has 0 spiro atoms. The van der Waals surface area contributed by atoms with Crippen LogP contribution in [0.3, 0.4) is 0 Å². The van der Waals surface area contributed by atoms with Crippen LogP contribution in [0.15, 0.2) is 46.2 Å². The molecule has 1 atom stereocenters. The molecule has 1 aliphatic rings. The molecule has 180 valence electrons. The fourth-order valence-corrected chi connectivity index (χ4v) is 3.97. The van der Waals surface area contributed by atoms with E-state index in [1.54, 1.807) is 0 Å². The lowest BCUT2D eigenvalue weighted by Crippen LogP contribution is -2.45. The van der Waals surface area contributed by atoms with E-state index in [1.807, 2.05) is 53.2 Å². The van der Waals surface area contributed by atoms with Gasteiger partial charge in [-0.2, -0.15) is 5.10 Å². The predicted octanol–water partition coefficient (Wildman–Crippen LogP) is 0.247. The zero-order valence-electron chi connectivity index (χ0n) is 19.4. The van der Waals surface area contributed by atoms with Gasteiger partial charge in [-0.05, 0) is 31.2 Å². The van der Waals surface area contributed by atoms with Crippen molar-refractivity contribution >= 4 is 11.6 Å². The molecule has 1 saturated heterocycles. The van der Waals surface area contributed by atoms with Crippen LogP contribution in [-0.4, -0.2) is 75.2 Å². The largest absolute Gasteiger partial charge is 0.392 e. The predicted molar refractivity (Wildman–Crippen MR) is 130 cm³/mol. The highest BCUT2D eigenvalue weighted by atomic mass is 16.2. The summed E-state index contributed by atoms with van der Waals surface area (Å²) in [5.74, 6) is -0.629. The van der Waals surface area contributed by atoms with Crippen molar-refractivity contribution in [3.63, 3.8) is 0 Å². The molecule has 0 bridgehead atoms. The highest BCUT2D eigenvalue weighted by Crippen LogP contribution is 2.23. The highest BCUT2D eigenvalue weighted by molar-refractivity contribution is 5.97. The van der Waals surface area contributed by atoms with Crippen LogP contribution in [-0.2, 0) is 6.54 Å². The summed E-state index contributed by atoms with van der Waals surface area (Å²) >= 11 is 0. The van der Waals surface area contributed by atoms with Crippen LogP contribution in [0.25, 0.3) is 11.1 Å². The minimum absolute atomic E-state index is 0.251. The van der Waals surface area contributed by atoms with E-state index in [2.05, 4.69) is 32.2 Å². The molecule has 5 N–H and O–H groups in total. The van der Waals surface area contributed by atoms with Crippen LogP contribution in [0.5, 0.6) is 0 Å². The van der Waals surface area contributed by atoms with Gasteiger partial charge in [0, 0.05) is 44.5 Å². The Morgan fingerprint density at radius 2 is 1.91 bits per heavy atom. The Morgan fingerprint density at radius 3 is 2.68 bits per heavy atom. The summed E-state index contributed by atoms with van der Waals surface area (Å²) in [5, 5.41) is 7.29. The first kappa shape index (κ1) is 23.5. The van der Waals surface area contributed by atoms with Crippen molar-refractivity contribution in [1.29, 1.82) is 0 Å². The van der Waals surface area contributed by atoms with Gasteiger partial charge in [-0.15, -0.1) is 0 Å². The van der Waals surface area contributed by atoms with Gasteiger partial charge in [0.05, 0.1) is 18.8 Å². The number of rotatable bonds is 7. The SMILES string of the molecule is CC(NC(=O)c1[nH]c(=O)[nH]c(=O)c1N)c1cccc(-c2cnn(CCN3CCN(C)CC3)c2)c1. The summed E-state index contributed by atoms with van der Waals surface area (Å²) in [6.07, 6.45) is 3.87. The molecule has 0 aliphatic carbocycles. The molecule has 0 saturated carbocycles. The van der Waals surface area contributed by atoms with E-state index in [4.69, 9.17) is 5.73 Å². The Hall–Kier alpha value is -3.70. The first-order chi connectivity index (χ1) is 16.3.